The second-order valence-electron chi connectivity index (χ2n) is 4.92. The van der Waals surface area contributed by atoms with Crippen molar-refractivity contribution in [2.24, 2.45) is 0 Å². The van der Waals surface area contributed by atoms with Crippen LogP contribution in [0.25, 0.3) is 0 Å². The fourth-order valence-corrected chi connectivity index (χ4v) is 2.93. The molecule has 0 aliphatic carbocycles. The van der Waals surface area contributed by atoms with Gasteiger partial charge in [0.1, 0.15) is 23.9 Å². The number of hydrogen-bond acceptors (Lipinski definition) is 3. The summed E-state index contributed by atoms with van der Waals surface area (Å²) < 4.78 is 81.9. The number of nitrogens with one attached hydrogen (secondary N) is 1. The van der Waals surface area contributed by atoms with Crippen molar-refractivity contribution in [1.82, 2.24) is 0 Å². The van der Waals surface area contributed by atoms with Crippen molar-refractivity contribution in [3.8, 4) is 5.75 Å². The molecule has 0 aliphatic heterocycles. The molecule has 2 aromatic rings. The first-order valence-electron chi connectivity index (χ1n) is 6.82. The first kappa shape index (κ1) is 19.3. The number of alkyl halides is 3. The zero-order valence-electron chi connectivity index (χ0n) is 12.5. The number of benzene rings is 2. The van der Waals surface area contributed by atoms with Gasteiger partial charge in [-0.05, 0) is 42.5 Å². The van der Waals surface area contributed by atoms with E-state index in [1.54, 1.807) is 0 Å². The Labute approximate surface area is 146 Å². The van der Waals surface area contributed by atoms with Crippen LogP contribution in [0.3, 0.4) is 0 Å². The summed E-state index contributed by atoms with van der Waals surface area (Å²) in [6.07, 6.45) is -4.63. The summed E-state index contributed by atoms with van der Waals surface area (Å²) in [6.45, 7) is -0.280. The average Bonchev–Trinajstić information content (AvgIpc) is 2.50. The number of hydrogen-bond donors (Lipinski definition) is 1. The van der Waals surface area contributed by atoms with E-state index in [0.29, 0.717) is 6.07 Å². The molecular formula is C15H12ClF4NO3S. The number of anilines is 1. The van der Waals surface area contributed by atoms with Crippen molar-refractivity contribution >= 4 is 27.3 Å². The molecule has 0 unspecified atom stereocenters. The third kappa shape index (κ3) is 5.79. The Balaban J connectivity index is 2.02. The minimum Gasteiger partial charge on any atom is -0.492 e. The normalized spacial score (nSPS) is 12.0. The molecule has 0 spiro atoms. The molecule has 10 heteroatoms. The Morgan fingerprint density at radius 2 is 1.72 bits per heavy atom. The highest BCUT2D eigenvalue weighted by atomic mass is 35.5. The molecule has 0 saturated heterocycles. The quantitative estimate of drug-likeness (QED) is 0.739. The summed E-state index contributed by atoms with van der Waals surface area (Å²) in [7, 11) is -4.00. The predicted octanol–water partition coefficient (Wildman–Crippen LogP) is 4.32. The van der Waals surface area contributed by atoms with Crippen LogP contribution in [0.2, 0.25) is 5.02 Å². The van der Waals surface area contributed by atoms with Crippen LogP contribution in [0.5, 0.6) is 5.75 Å². The van der Waals surface area contributed by atoms with Gasteiger partial charge in [0.15, 0.2) is 0 Å². The van der Waals surface area contributed by atoms with Crippen molar-refractivity contribution in [3.05, 3.63) is 58.9 Å². The van der Waals surface area contributed by atoms with E-state index in [-0.39, 0.29) is 23.1 Å². The molecule has 136 valence electrons. The molecule has 2 rings (SSSR count). The largest absolute Gasteiger partial charge is 0.492 e. The summed E-state index contributed by atoms with van der Waals surface area (Å²) >= 11 is 5.74. The van der Waals surface area contributed by atoms with E-state index in [4.69, 9.17) is 16.3 Å². The molecule has 2 aromatic carbocycles. The lowest BCUT2D eigenvalue weighted by molar-refractivity contribution is -0.137. The molecule has 0 aromatic heterocycles. The lowest BCUT2D eigenvalue weighted by Gasteiger charge is -2.13. The van der Waals surface area contributed by atoms with E-state index < -0.39 is 33.3 Å². The van der Waals surface area contributed by atoms with Crippen molar-refractivity contribution in [2.45, 2.75) is 6.18 Å². The third-order valence-electron chi connectivity index (χ3n) is 2.99. The van der Waals surface area contributed by atoms with Crippen LogP contribution in [-0.4, -0.2) is 20.8 Å². The van der Waals surface area contributed by atoms with E-state index in [0.717, 1.165) is 24.3 Å². The van der Waals surface area contributed by atoms with E-state index in [9.17, 15) is 26.0 Å². The molecule has 4 nitrogen and oxygen atoms in total. The summed E-state index contributed by atoms with van der Waals surface area (Å²) in [5, 5.41) is -0.170. The maximum absolute atomic E-state index is 12.7. The molecule has 25 heavy (non-hydrogen) atoms. The minimum absolute atomic E-state index is 0.170. The summed E-state index contributed by atoms with van der Waals surface area (Å²) in [6, 6.07) is 7.24. The number of sulfonamides is 1. The average molecular weight is 398 g/mol. The van der Waals surface area contributed by atoms with Crippen LogP contribution in [0.15, 0.2) is 42.5 Å². The summed E-state index contributed by atoms with van der Waals surface area (Å²) in [4.78, 5) is 0. The van der Waals surface area contributed by atoms with E-state index in [2.05, 4.69) is 0 Å². The van der Waals surface area contributed by atoms with Crippen LogP contribution in [0.1, 0.15) is 5.56 Å². The third-order valence-corrected chi connectivity index (χ3v) is 4.56. The van der Waals surface area contributed by atoms with Crippen LogP contribution >= 0.6 is 11.6 Å². The van der Waals surface area contributed by atoms with E-state index in [1.807, 2.05) is 4.72 Å². The molecule has 0 radical (unpaired) electrons. The smallest absolute Gasteiger partial charge is 0.416 e. The highest BCUT2D eigenvalue weighted by Gasteiger charge is 2.31. The Morgan fingerprint density at radius 3 is 2.32 bits per heavy atom. The Bertz CT molecular complexity index is 839. The maximum Gasteiger partial charge on any atom is 0.416 e. The lowest BCUT2D eigenvalue weighted by Crippen LogP contribution is -2.21. The second-order valence-corrected chi connectivity index (χ2v) is 7.16. The molecule has 0 fully saturated rings. The van der Waals surface area contributed by atoms with Gasteiger partial charge in [-0.1, -0.05) is 11.6 Å². The van der Waals surface area contributed by atoms with Gasteiger partial charge in [0, 0.05) is 0 Å². The zero-order chi connectivity index (χ0) is 18.7. The standard InChI is InChI=1S/C15H12ClF4NO3S/c16-13-6-1-10(15(18,19)20)9-14(13)21-25(22,23)8-7-24-12-4-2-11(17)3-5-12/h1-6,9,21H,7-8H2. The fraction of sp³-hybridized carbons (Fsp3) is 0.200. The van der Waals surface area contributed by atoms with Crippen LogP contribution < -0.4 is 9.46 Å². The van der Waals surface area contributed by atoms with Crippen LogP contribution in [0.4, 0.5) is 23.2 Å². The summed E-state index contributed by atoms with van der Waals surface area (Å²) in [5.74, 6) is -0.744. The van der Waals surface area contributed by atoms with Crippen molar-refractivity contribution in [1.29, 1.82) is 0 Å². The summed E-state index contributed by atoms with van der Waals surface area (Å²) in [5.41, 5.74) is -1.41. The first-order valence-corrected chi connectivity index (χ1v) is 8.85. The van der Waals surface area contributed by atoms with E-state index in [1.165, 1.54) is 12.1 Å². The Kier molecular flexibility index (Phi) is 5.79. The molecule has 0 heterocycles. The van der Waals surface area contributed by atoms with Crippen molar-refractivity contribution in [2.75, 3.05) is 17.1 Å². The molecule has 0 aliphatic rings. The molecule has 0 atom stereocenters. The van der Waals surface area contributed by atoms with Gasteiger partial charge in [-0.3, -0.25) is 4.72 Å². The first-order chi connectivity index (χ1) is 11.6. The van der Waals surface area contributed by atoms with Gasteiger partial charge >= 0.3 is 6.18 Å². The minimum atomic E-state index is -4.63. The van der Waals surface area contributed by atoms with Gasteiger partial charge in [0.2, 0.25) is 10.0 Å². The molecule has 0 amide bonds. The highest BCUT2D eigenvalue weighted by Crippen LogP contribution is 2.34. The van der Waals surface area contributed by atoms with Crippen LogP contribution in [-0.2, 0) is 16.2 Å². The van der Waals surface area contributed by atoms with Crippen molar-refractivity contribution in [3.63, 3.8) is 0 Å². The van der Waals surface area contributed by atoms with Gasteiger partial charge in [-0.15, -0.1) is 0 Å². The topological polar surface area (TPSA) is 55.4 Å². The number of rotatable bonds is 6. The highest BCUT2D eigenvalue weighted by molar-refractivity contribution is 7.92. The second kappa shape index (κ2) is 7.49. The molecule has 0 saturated carbocycles. The molecule has 0 bridgehead atoms. The van der Waals surface area contributed by atoms with Gasteiger partial charge in [0.25, 0.3) is 0 Å². The fourth-order valence-electron chi connectivity index (χ4n) is 1.80. The SMILES string of the molecule is O=S(=O)(CCOc1ccc(F)cc1)Nc1cc(C(F)(F)F)ccc1Cl. The molecule has 1 N–H and O–H groups in total. The van der Waals surface area contributed by atoms with E-state index >= 15 is 0 Å². The Hall–Kier alpha value is -2.00. The monoisotopic (exact) mass is 397 g/mol. The zero-order valence-corrected chi connectivity index (χ0v) is 14.1. The number of ether oxygens (including phenoxy) is 1. The van der Waals surface area contributed by atoms with Gasteiger partial charge < -0.3 is 4.74 Å². The van der Waals surface area contributed by atoms with Crippen LogP contribution in [0, 0.1) is 5.82 Å². The Morgan fingerprint density at radius 1 is 1.08 bits per heavy atom. The number of halogens is 5. The molecular weight excluding hydrogens is 386 g/mol. The van der Waals surface area contributed by atoms with Gasteiger partial charge in [-0.2, -0.15) is 13.2 Å². The van der Waals surface area contributed by atoms with Gasteiger partial charge in [0.05, 0.1) is 16.3 Å². The maximum atomic E-state index is 12.7. The predicted molar refractivity (Wildman–Crippen MR) is 85.8 cm³/mol. The lowest BCUT2D eigenvalue weighted by atomic mass is 10.2. The van der Waals surface area contributed by atoms with Gasteiger partial charge in [-0.25, -0.2) is 12.8 Å². The van der Waals surface area contributed by atoms with Crippen molar-refractivity contribution < 1.29 is 30.7 Å².